The fourth-order valence-corrected chi connectivity index (χ4v) is 2.59. The van der Waals surface area contributed by atoms with E-state index in [1.807, 2.05) is 51.1 Å². The van der Waals surface area contributed by atoms with Gasteiger partial charge >= 0.3 is 0 Å². The molecule has 0 spiro atoms. The molecular weight excluding hydrogens is 204 g/mol. The van der Waals surface area contributed by atoms with Crippen LogP contribution >= 0.6 is 0 Å². The highest BCUT2D eigenvalue weighted by molar-refractivity contribution is 7.86. The van der Waals surface area contributed by atoms with Crippen molar-refractivity contribution < 1.29 is 4.21 Å². The highest BCUT2D eigenvalue weighted by Crippen LogP contribution is 2.23. The Morgan fingerprint density at radius 2 is 1.93 bits per heavy atom. The number of hydrogen-bond acceptors (Lipinski definition) is 1. The van der Waals surface area contributed by atoms with Crippen molar-refractivity contribution in [1.82, 2.24) is 0 Å². The number of benzene rings is 1. The summed E-state index contributed by atoms with van der Waals surface area (Å²) < 4.78 is 12.0. The van der Waals surface area contributed by atoms with Crippen LogP contribution in [0.2, 0.25) is 0 Å². The summed E-state index contributed by atoms with van der Waals surface area (Å²) in [6.07, 6.45) is 2.62. The second-order valence-electron chi connectivity index (χ2n) is 4.48. The first-order valence-electron chi connectivity index (χ1n) is 5.07. The minimum absolute atomic E-state index is 0.211. The van der Waals surface area contributed by atoms with Crippen LogP contribution in [0.25, 0.3) is 0 Å². The van der Waals surface area contributed by atoms with Crippen molar-refractivity contribution in [2.75, 3.05) is 0 Å². The zero-order valence-electron chi connectivity index (χ0n) is 9.62. The zero-order valence-corrected chi connectivity index (χ0v) is 10.4. The third-order valence-electron chi connectivity index (χ3n) is 2.09. The van der Waals surface area contributed by atoms with Gasteiger partial charge in [-0.1, -0.05) is 24.3 Å². The second kappa shape index (κ2) is 4.75. The highest BCUT2D eigenvalue weighted by atomic mass is 32.2. The molecule has 1 unspecified atom stereocenters. The van der Waals surface area contributed by atoms with Crippen molar-refractivity contribution in [2.45, 2.75) is 36.8 Å². The Morgan fingerprint density at radius 3 is 2.47 bits per heavy atom. The third-order valence-corrected chi connectivity index (χ3v) is 4.00. The van der Waals surface area contributed by atoms with Gasteiger partial charge in [-0.2, -0.15) is 0 Å². The van der Waals surface area contributed by atoms with E-state index in [0.29, 0.717) is 0 Å². The van der Waals surface area contributed by atoms with Gasteiger partial charge in [0.2, 0.25) is 0 Å². The molecule has 0 saturated carbocycles. The van der Waals surface area contributed by atoms with Crippen LogP contribution in [-0.4, -0.2) is 8.96 Å². The maximum absolute atomic E-state index is 12.2. The summed E-state index contributed by atoms with van der Waals surface area (Å²) in [5, 5.41) is 0. The molecule has 0 fully saturated rings. The van der Waals surface area contributed by atoms with Crippen molar-refractivity contribution in [3.63, 3.8) is 0 Å². The highest BCUT2D eigenvalue weighted by Gasteiger charge is 2.22. The molecule has 0 saturated heterocycles. The molecule has 0 heterocycles. The van der Waals surface area contributed by atoms with Gasteiger partial charge in [-0.05, 0) is 38.8 Å². The summed E-state index contributed by atoms with van der Waals surface area (Å²) in [6, 6.07) is 7.87. The molecule has 0 aliphatic carbocycles. The summed E-state index contributed by atoms with van der Waals surface area (Å²) in [6.45, 7) is 9.70. The predicted molar refractivity (Wildman–Crippen MR) is 66.5 cm³/mol. The Balaban J connectivity index is 3.13. The number of allylic oxidation sites excluding steroid dienone is 1. The lowest BCUT2D eigenvalue weighted by Gasteiger charge is -2.19. The van der Waals surface area contributed by atoms with Gasteiger partial charge in [-0.25, -0.2) is 0 Å². The van der Waals surface area contributed by atoms with E-state index < -0.39 is 10.8 Å². The third kappa shape index (κ3) is 3.03. The average Bonchev–Trinajstić information content (AvgIpc) is 2.17. The van der Waals surface area contributed by atoms with Crippen molar-refractivity contribution >= 4 is 10.8 Å². The van der Waals surface area contributed by atoms with E-state index in [1.54, 1.807) is 0 Å². The molecule has 2 heteroatoms. The maximum atomic E-state index is 12.2. The van der Waals surface area contributed by atoms with Gasteiger partial charge < -0.3 is 0 Å². The fraction of sp³-hybridized carbons (Fsp3) is 0.385. The van der Waals surface area contributed by atoms with Crippen LogP contribution in [0, 0.1) is 0 Å². The van der Waals surface area contributed by atoms with Crippen LogP contribution in [0.15, 0.2) is 41.8 Å². The molecule has 0 N–H and O–H groups in total. The van der Waals surface area contributed by atoms with Gasteiger partial charge in [-0.3, -0.25) is 4.21 Å². The Morgan fingerprint density at radius 1 is 1.33 bits per heavy atom. The standard InChI is InChI=1S/C13H18OS/c1-5-8-11-9-6-7-10-12(11)15(14)13(2,3)4/h5-7,9-10H,1,8H2,2-4H3. The van der Waals surface area contributed by atoms with Crippen molar-refractivity contribution in [2.24, 2.45) is 0 Å². The molecule has 1 aromatic carbocycles. The van der Waals surface area contributed by atoms with E-state index in [4.69, 9.17) is 0 Å². The van der Waals surface area contributed by atoms with E-state index in [9.17, 15) is 4.21 Å². The van der Waals surface area contributed by atoms with E-state index in [1.165, 1.54) is 0 Å². The number of rotatable bonds is 3. The van der Waals surface area contributed by atoms with Gasteiger partial charge in [0.25, 0.3) is 0 Å². The quantitative estimate of drug-likeness (QED) is 0.717. The molecule has 1 atom stereocenters. The smallest absolute Gasteiger partial charge is 0.0586 e. The molecule has 0 radical (unpaired) electrons. The van der Waals surface area contributed by atoms with E-state index in [-0.39, 0.29) is 4.75 Å². The van der Waals surface area contributed by atoms with Crippen LogP contribution in [-0.2, 0) is 17.2 Å². The van der Waals surface area contributed by atoms with Gasteiger partial charge in [0.15, 0.2) is 0 Å². The SMILES string of the molecule is C=CCc1ccccc1S(=O)C(C)(C)C. The average molecular weight is 222 g/mol. The lowest BCUT2D eigenvalue weighted by Crippen LogP contribution is -2.22. The van der Waals surface area contributed by atoms with Crippen molar-refractivity contribution in [3.8, 4) is 0 Å². The van der Waals surface area contributed by atoms with Crippen molar-refractivity contribution in [3.05, 3.63) is 42.5 Å². The molecule has 1 aromatic rings. The molecule has 0 aromatic heterocycles. The molecular formula is C13H18OS. The van der Waals surface area contributed by atoms with Gasteiger partial charge in [0.05, 0.1) is 10.8 Å². The van der Waals surface area contributed by atoms with Crippen LogP contribution in [0.5, 0.6) is 0 Å². The molecule has 0 amide bonds. The maximum Gasteiger partial charge on any atom is 0.0586 e. The van der Waals surface area contributed by atoms with Crippen LogP contribution in [0.1, 0.15) is 26.3 Å². The molecule has 82 valence electrons. The van der Waals surface area contributed by atoms with Gasteiger partial charge in [-0.15, -0.1) is 6.58 Å². The molecule has 1 rings (SSSR count). The Bertz CT molecular complexity index is 374. The van der Waals surface area contributed by atoms with Crippen LogP contribution in [0.3, 0.4) is 0 Å². The first kappa shape index (κ1) is 12.2. The summed E-state index contributed by atoms with van der Waals surface area (Å²) in [7, 11) is -0.962. The summed E-state index contributed by atoms with van der Waals surface area (Å²) in [5.41, 5.74) is 1.11. The first-order chi connectivity index (χ1) is 6.96. The molecule has 0 aliphatic rings. The van der Waals surface area contributed by atoms with Crippen LogP contribution < -0.4 is 0 Å². The topological polar surface area (TPSA) is 17.1 Å². The molecule has 0 aliphatic heterocycles. The fourth-order valence-electron chi connectivity index (χ4n) is 1.34. The van der Waals surface area contributed by atoms with Gasteiger partial charge in [0, 0.05) is 9.64 Å². The summed E-state index contributed by atoms with van der Waals surface area (Å²) >= 11 is 0. The zero-order chi connectivity index (χ0) is 11.5. The number of hydrogen-bond donors (Lipinski definition) is 0. The van der Waals surface area contributed by atoms with E-state index in [2.05, 4.69) is 6.58 Å². The normalized spacial score (nSPS) is 13.5. The molecule has 0 bridgehead atoms. The molecule has 1 nitrogen and oxygen atoms in total. The lowest BCUT2D eigenvalue weighted by atomic mass is 10.1. The van der Waals surface area contributed by atoms with E-state index >= 15 is 0 Å². The lowest BCUT2D eigenvalue weighted by molar-refractivity contribution is 0.648. The summed E-state index contributed by atoms with van der Waals surface area (Å²) in [4.78, 5) is 0.935. The Labute approximate surface area is 94.7 Å². The minimum Gasteiger partial charge on any atom is -0.254 e. The summed E-state index contributed by atoms with van der Waals surface area (Å²) in [5.74, 6) is 0. The molecule has 15 heavy (non-hydrogen) atoms. The minimum atomic E-state index is -0.962. The Kier molecular flexibility index (Phi) is 3.86. The Hall–Kier alpha value is -0.890. The van der Waals surface area contributed by atoms with Gasteiger partial charge in [0.1, 0.15) is 0 Å². The largest absolute Gasteiger partial charge is 0.254 e. The first-order valence-corrected chi connectivity index (χ1v) is 6.22. The van der Waals surface area contributed by atoms with E-state index in [0.717, 1.165) is 16.9 Å². The van der Waals surface area contributed by atoms with Crippen molar-refractivity contribution in [1.29, 1.82) is 0 Å². The van der Waals surface area contributed by atoms with Crippen LogP contribution in [0.4, 0.5) is 0 Å². The predicted octanol–water partition coefficient (Wildman–Crippen LogP) is 3.32. The monoisotopic (exact) mass is 222 g/mol. The second-order valence-corrected chi connectivity index (χ2v) is 6.68.